The van der Waals surface area contributed by atoms with Crippen LogP contribution in [0.5, 0.6) is 0 Å². The molecule has 0 saturated carbocycles. The molecule has 3 aromatic rings. The summed E-state index contributed by atoms with van der Waals surface area (Å²) in [6.07, 6.45) is 0. The second-order valence-corrected chi connectivity index (χ2v) is 7.88. The van der Waals surface area contributed by atoms with Gasteiger partial charge in [-0.2, -0.15) is 0 Å². The second kappa shape index (κ2) is 8.80. The lowest BCUT2D eigenvalue weighted by molar-refractivity contribution is -0.134. The van der Waals surface area contributed by atoms with Gasteiger partial charge in [-0.3, -0.25) is 14.2 Å². The van der Waals surface area contributed by atoms with Crippen molar-refractivity contribution >= 4 is 28.6 Å². The smallest absolute Gasteiger partial charge is 0.262 e. The summed E-state index contributed by atoms with van der Waals surface area (Å²) in [6, 6.07) is 17.0. The van der Waals surface area contributed by atoms with Crippen LogP contribution in [-0.2, 0) is 16.1 Å². The van der Waals surface area contributed by atoms with Gasteiger partial charge >= 0.3 is 0 Å². The number of aromatic nitrogens is 2. The fraction of sp³-hybridized carbons (Fsp3) is 0.318. The van der Waals surface area contributed by atoms with Crippen LogP contribution in [-0.4, -0.2) is 46.7 Å². The third-order valence-electron chi connectivity index (χ3n) is 5.02. The van der Waals surface area contributed by atoms with E-state index in [1.165, 1.54) is 11.8 Å². The number of hydrogen-bond acceptors (Lipinski definition) is 5. The molecule has 1 fully saturated rings. The number of rotatable bonds is 5. The second-order valence-electron chi connectivity index (χ2n) is 6.81. The minimum atomic E-state index is -0.472. The Balaban J connectivity index is 1.76. The van der Waals surface area contributed by atoms with Crippen molar-refractivity contribution in [1.82, 2.24) is 14.5 Å². The highest BCUT2D eigenvalue weighted by Crippen LogP contribution is 2.36. The third-order valence-corrected chi connectivity index (χ3v) is 6.25. The Morgan fingerprint density at radius 2 is 1.79 bits per heavy atom. The Kier molecular flexibility index (Phi) is 5.97. The van der Waals surface area contributed by atoms with E-state index in [4.69, 9.17) is 9.72 Å². The van der Waals surface area contributed by atoms with Gasteiger partial charge < -0.3 is 9.64 Å². The molecule has 29 heavy (non-hydrogen) atoms. The zero-order chi connectivity index (χ0) is 20.2. The van der Waals surface area contributed by atoms with Crippen molar-refractivity contribution < 1.29 is 9.53 Å². The molecule has 2 aromatic carbocycles. The van der Waals surface area contributed by atoms with Crippen LogP contribution >= 0.6 is 11.8 Å². The molecule has 1 atom stereocenters. The third kappa shape index (κ3) is 4.06. The van der Waals surface area contributed by atoms with Crippen molar-refractivity contribution in [3.63, 3.8) is 0 Å². The molecule has 4 rings (SSSR count). The lowest BCUT2D eigenvalue weighted by Gasteiger charge is -2.30. The van der Waals surface area contributed by atoms with Gasteiger partial charge in [0.1, 0.15) is 5.25 Å². The van der Waals surface area contributed by atoms with Crippen molar-refractivity contribution in [2.45, 2.75) is 23.9 Å². The van der Waals surface area contributed by atoms with Gasteiger partial charge in [-0.15, -0.1) is 0 Å². The number of morpholine rings is 1. The van der Waals surface area contributed by atoms with E-state index in [2.05, 4.69) is 0 Å². The number of carbonyl (C=O) groups excluding carboxylic acids is 1. The molecule has 0 aliphatic carbocycles. The zero-order valence-corrected chi connectivity index (χ0v) is 17.1. The maximum absolute atomic E-state index is 13.4. The maximum Gasteiger partial charge on any atom is 0.262 e. The summed E-state index contributed by atoms with van der Waals surface area (Å²) in [6.45, 7) is 4.66. The van der Waals surface area contributed by atoms with Crippen LogP contribution in [0.4, 0.5) is 0 Å². The first-order valence-corrected chi connectivity index (χ1v) is 10.6. The van der Waals surface area contributed by atoms with Crippen LogP contribution in [0.15, 0.2) is 64.5 Å². The number of para-hydroxylation sites is 1. The van der Waals surface area contributed by atoms with Crippen molar-refractivity contribution in [1.29, 1.82) is 0 Å². The fourth-order valence-corrected chi connectivity index (χ4v) is 4.70. The minimum absolute atomic E-state index is 0.0227. The number of amides is 1. The predicted molar refractivity (Wildman–Crippen MR) is 114 cm³/mol. The number of thioether (sulfide) groups is 1. The summed E-state index contributed by atoms with van der Waals surface area (Å²) in [5.41, 5.74) is 1.47. The molecular weight excluding hydrogens is 386 g/mol. The summed E-state index contributed by atoms with van der Waals surface area (Å²) in [7, 11) is 0. The number of benzene rings is 2. The quantitative estimate of drug-likeness (QED) is 0.479. The predicted octanol–water partition coefficient (Wildman–Crippen LogP) is 3.11. The molecular formula is C22H23N3O3S. The molecule has 0 radical (unpaired) electrons. The Morgan fingerprint density at radius 3 is 2.52 bits per heavy atom. The van der Waals surface area contributed by atoms with Crippen molar-refractivity contribution in [2.75, 3.05) is 26.3 Å². The molecule has 150 valence electrons. The fourth-order valence-electron chi connectivity index (χ4n) is 3.46. The number of carbonyl (C=O) groups is 1. The minimum Gasteiger partial charge on any atom is -0.378 e. The van der Waals surface area contributed by atoms with Crippen molar-refractivity contribution in [2.24, 2.45) is 0 Å². The van der Waals surface area contributed by atoms with Gasteiger partial charge in [0.15, 0.2) is 5.16 Å². The molecule has 1 aliphatic heterocycles. The summed E-state index contributed by atoms with van der Waals surface area (Å²) >= 11 is 1.34. The summed E-state index contributed by atoms with van der Waals surface area (Å²) < 4.78 is 7.04. The highest BCUT2D eigenvalue weighted by atomic mass is 32.2. The van der Waals surface area contributed by atoms with Gasteiger partial charge in [-0.1, -0.05) is 54.2 Å². The average molecular weight is 410 g/mol. The topological polar surface area (TPSA) is 64.4 Å². The van der Waals surface area contributed by atoms with Gasteiger partial charge in [0.2, 0.25) is 5.91 Å². The first kappa shape index (κ1) is 19.7. The monoisotopic (exact) mass is 409 g/mol. The van der Waals surface area contributed by atoms with Gasteiger partial charge in [0, 0.05) is 19.6 Å². The van der Waals surface area contributed by atoms with Crippen LogP contribution < -0.4 is 5.56 Å². The van der Waals surface area contributed by atoms with Crippen molar-refractivity contribution in [3.8, 4) is 0 Å². The summed E-state index contributed by atoms with van der Waals surface area (Å²) in [4.78, 5) is 32.9. The van der Waals surface area contributed by atoms with Crippen LogP contribution in [0, 0.1) is 0 Å². The van der Waals surface area contributed by atoms with Crippen LogP contribution in [0.1, 0.15) is 17.7 Å². The van der Waals surface area contributed by atoms with E-state index in [0.29, 0.717) is 48.9 Å². The Bertz CT molecular complexity index is 1060. The summed E-state index contributed by atoms with van der Waals surface area (Å²) in [5.74, 6) is 0.0227. The molecule has 0 spiro atoms. The standard InChI is InChI=1S/C22H23N3O3S/c1-2-25-20(26)17-10-6-7-11-18(17)23-22(25)29-19(16-8-4-3-5-9-16)21(27)24-12-14-28-15-13-24/h3-11,19H,2,12-15H2,1H3/t19-/m1/s1. The summed E-state index contributed by atoms with van der Waals surface area (Å²) in [5, 5.41) is 0.682. The molecule has 1 amide bonds. The molecule has 2 heterocycles. The van der Waals surface area contributed by atoms with E-state index < -0.39 is 5.25 Å². The van der Waals surface area contributed by atoms with Gasteiger partial charge in [0.05, 0.1) is 24.1 Å². The van der Waals surface area contributed by atoms with E-state index in [9.17, 15) is 9.59 Å². The molecule has 1 aromatic heterocycles. The van der Waals surface area contributed by atoms with Crippen LogP contribution in [0.3, 0.4) is 0 Å². The van der Waals surface area contributed by atoms with E-state index in [1.807, 2.05) is 60.4 Å². The van der Waals surface area contributed by atoms with Crippen LogP contribution in [0.25, 0.3) is 10.9 Å². The largest absolute Gasteiger partial charge is 0.378 e. The van der Waals surface area contributed by atoms with Crippen molar-refractivity contribution in [3.05, 3.63) is 70.5 Å². The first-order chi connectivity index (χ1) is 14.2. The zero-order valence-electron chi connectivity index (χ0n) is 16.3. The lowest BCUT2D eigenvalue weighted by atomic mass is 10.1. The number of fused-ring (bicyclic) bond motifs is 1. The molecule has 1 aliphatic rings. The molecule has 1 saturated heterocycles. The lowest BCUT2D eigenvalue weighted by Crippen LogP contribution is -2.42. The van der Waals surface area contributed by atoms with E-state index >= 15 is 0 Å². The average Bonchev–Trinajstić information content (AvgIpc) is 2.78. The SMILES string of the molecule is CCn1c(S[C@@H](C(=O)N2CCOCC2)c2ccccc2)nc2ccccc2c1=O. The molecule has 0 bridgehead atoms. The molecule has 7 heteroatoms. The number of nitrogens with zero attached hydrogens (tertiary/aromatic N) is 3. The molecule has 6 nitrogen and oxygen atoms in total. The van der Waals surface area contributed by atoms with Gasteiger partial charge in [-0.25, -0.2) is 4.98 Å². The van der Waals surface area contributed by atoms with E-state index in [0.717, 1.165) is 5.56 Å². The first-order valence-electron chi connectivity index (χ1n) is 9.76. The Morgan fingerprint density at radius 1 is 1.10 bits per heavy atom. The maximum atomic E-state index is 13.4. The van der Waals surface area contributed by atoms with Crippen LogP contribution in [0.2, 0.25) is 0 Å². The molecule has 0 N–H and O–H groups in total. The highest BCUT2D eigenvalue weighted by Gasteiger charge is 2.29. The Labute approximate surface area is 173 Å². The van der Waals surface area contributed by atoms with E-state index in [-0.39, 0.29) is 11.5 Å². The number of hydrogen-bond donors (Lipinski definition) is 0. The van der Waals surface area contributed by atoms with Gasteiger partial charge in [-0.05, 0) is 24.6 Å². The normalized spacial score (nSPS) is 15.4. The van der Waals surface area contributed by atoms with E-state index in [1.54, 1.807) is 10.6 Å². The van der Waals surface area contributed by atoms with Gasteiger partial charge in [0.25, 0.3) is 5.56 Å². The number of ether oxygens (including phenoxy) is 1. The molecule has 0 unspecified atom stereocenters. The highest BCUT2D eigenvalue weighted by molar-refractivity contribution is 8.00. The Hall–Kier alpha value is -2.64.